The van der Waals surface area contributed by atoms with Crippen molar-refractivity contribution < 1.29 is 0 Å². The van der Waals surface area contributed by atoms with E-state index in [1.807, 2.05) is 0 Å². The molecular formula is C54H34N4. The molecule has 270 valence electrons. The van der Waals surface area contributed by atoms with Gasteiger partial charge in [-0.15, -0.1) is 0 Å². The van der Waals surface area contributed by atoms with E-state index in [0.717, 1.165) is 72.2 Å². The van der Waals surface area contributed by atoms with Crippen molar-refractivity contribution in [2.75, 3.05) is 0 Å². The van der Waals surface area contributed by atoms with Gasteiger partial charge in [0.15, 0.2) is 0 Å². The molecule has 3 aromatic heterocycles. The van der Waals surface area contributed by atoms with Gasteiger partial charge in [-0.1, -0.05) is 158 Å². The molecule has 0 N–H and O–H groups in total. The first-order valence-corrected chi connectivity index (χ1v) is 19.8. The molecule has 0 fully saturated rings. The summed E-state index contributed by atoms with van der Waals surface area (Å²) < 4.78 is 4.66. The number of nitrogens with zero attached hydrogens (tertiary/aromatic N) is 4. The third kappa shape index (κ3) is 4.95. The maximum absolute atomic E-state index is 5.72. The van der Waals surface area contributed by atoms with E-state index in [1.165, 1.54) is 32.3 Å². The quantitative estimate of drug-likeness (QED) is 0.176. The highest BCUT2D eigenvalue weighted by molar-refractivity contribution is 6.16. The number of aromatic nitrogens is 4. The Kier molecular flexibility index (Phi) is 7.20. The van der Waals surface area contributed by atoms with Gasteiger partial charge in [-0.05, 0) is 81.6 Å². The van der Waals surface area contributed by atoms with Crippen LogP contribution in [0.25, 0.3) is 110 Å². The van der Waals surface area contributed by atoms with Gasteiger partial charge in [-0.25, -0.2) is 9.97 Å². The van der Waals surface area contributed by atoms with Gasteiger partial charge >= 0.3 is 0 Å². The molecule has 0 aliphatic carbocycles. The van der Waals surface area contributed by atoms with Crippen molar-refractivity contribution in [3.8, 4) is 45.1 Å². The summed E-state index contributed by atoms with van der Waals surface area (Å²) >= 11 is 0. The molecule has 12 aromatic rings. The van der Waals surface area contributed by atoms with Crippen molar-refractivity contribution in [1.82, 2.24) is 19.1 Å². The van der Waals surface area contributed by atoms with Crippen molar-refractivity contribution in [3.05, 3.63) is 206 Å². The standard InChI is InChI=1S/C54H34N4/c1-4-17-35(18-5-1)44-33-47-48(34-45(44)36-19-6-2-7-20-36)55-54(58-50-30-15-13-26-41(50)46-31-37-21-10-11-22-38(37)32-51(46)58)56-52(47)43-28-16-27-42-40-25-12-14-29-49(40)57(53(42)43)39-23-8-3-9-24-39/h1-34H. The lowest BCUT2D eigenvalue weighted by atomic mass is 9.91. The van der Waals surface area contributed by atoms with E-state index in [4.69, 9.17) is 9.97 Å². The smallest absolute Gasteiger partial charge is 0.235 e. The van der Waals surface area contributed by atoms with Gasteiger partial charge in [0.2, 0.25) is 5.95 Å². The number of hydrogen-bond donors (Lipinski definition) is 0. The van der Waals surface area contributed by atoms with Crippen LogP contribution in [0.15, 0.2) is 206 Å². The highest BCUT2D eigenvalue weighted by Gasteiger charge is 2.23. The maximum atomic E-state index is 5.72. The Labute approximate surface area is 334 Å². The fourth-order valence-electron chi connectivity index (χ4n) is 9.11. The summed E-state index contributed by atoms with van der Waals surface area (Å²) in [6.45, 7) is 0. The Morgan fingerprint density at radius 1 is 0.328 bits per heavy atom. The van der Waals surface area contributed by atoms with Gasteiger partial charge in [0.05, 0.1) is 33.3 Å². The lowest BCUT2D eigenvalue weighted by Crippen LogP contribution is -2.05. The summed E-state index contributed by atoms with van der Waals surface area (Å²) in [5.74, 6) is 0.634. The van der Waals surface area contributed by atoms with Crippen LogP contribution < -0.4 is 0 Å². The Balaban J connectivity index is 1.26. The second-order valence-corrected chi connectivity index (χ2v) is 15.0. The molecule has 0 aliphatic rings. The first kappa shape index (κ1) is 32.4. The molecule has 12 rings (SSSR count). The number of hydrogen-bond acceptors (Lipinski definition) is 2. The van der Waals surface area contributed by atoms with Crippen LogP contribution in [0.1, 0.15) is 0 Å². The predicted molar refractivity (Wildman–Crippen MR) is 242 cm³/mol. The summed E-state index contributed by atoms with van der Waals surface area (Å²) in [4.78, 5) is 11.3. The van der Waals surface area contributed by atoms with E-state index >= 15 is 0 Å². The summed E-state index contributed by atoms with van der Waals surface area (Å²) in [6.07, 6.45) is 0. The summed E-state index contributed by atoms with van der Waals surface area (Å²) in [5, 5.41) is 8.10. The Hall–Kier alpha value is -7.82. The van der Waals surface area contributed by atoms with Crippen LogP contribution in [-0.2, 0) is 0 Å². The Morgan fingerprint density at radius 2 is 0.879 bits per heavy atom. The van der Waals surface area contributed by atoms with Crippen molar-refractivity contribution in [2.45, 2.75) is 0 Å². The molecule has 0 bridgehead atoms. The van der Waals surface area contributed by atoms with E-state index in [2.05, 4.69) is 215 Å². The molecular weight excluding hydrogens is 705 g/mol. The molecule has 0 saturated carbocycles. The van der Waals surface area contributed by atoms with Gasteiger partial charge in [0.1, 0.15) is 0 Å². The average Bonchev–Trinajstić information content (AvgIpc) is 3.81. The topological polar surface area (TPSA) is 35.6 Å². The van der Waals surface area contributed by atoms with Gasteiger partial charge in [-0.3, -0.25) is 4.57 Å². The van der Waals surface area contributed by atoms with E-state index in [0.29, 0.717) is 5.95 Å². The van der Waals surface area contributed by atoms with E-state index < -0.39 is 0 Å². The van der Waals surface area contributed by atoms with E-state index in [1.54, 1.807) is 0 Å². The summed E-state index contributed by atoms with van der Waals surface area (Å²) in [5.41, 5.74) is 12.9. The molecule has 0 aliphatic heterocycles. The van der Waals surface area contributed by atoms with Gasteiger partial charge in [-0.2, -0.15) is 0 Å². The first-order valence-electron chi connectivity index (χ1n) is 19.8. The monoisotopic (exact) mass is 738 g/mol. The average molecular weight is 739 g/mol. The van der Waals surface area contributed by atoms with Crippen LogP contribution in [0.4, 0.5) is 0 Å². The molecule has 0 radical (unpaired) electrons. The van der Waals surface area contributed by atoms with E-state index in [9.17, 15) is 0 Å². The zero-order chi connectivity index (χ0) is 38.2. The third-order valence-corrected chi connectivity index (χ3v) is 11.7. The molecule has 4 heteroatoms. The van der Waals surface area contributed by atoms with Crippen LogP contribution in [0.2, 0.25) is 0 Å². The molecule has 0 atom stereocenters. The fraction of sp³-hybridized carbons (Fsp3) is 0. The molecule has 0 saturated heterocycles. The minimum absolute atomic E-state index is 0.634. The van der Waals surface area contributed by atoms with Crippen LogP contribution in [0.3, 0.4) is 0 Å². The minimum atomic E-state index is 0.634. The summed E-state index contributed by atoms with van der Waals surface area (Å²) in [6, 6.07) is 73.8. The molecule has 0 amide bonds. The predicted octanol–water partition coefficient (Wildman–Crippen LogP) is 14.0. The normalized spacial score (nSPS) is 11.8. The molecule has 9 aromatic carbocycles. The third-order valence-electron chi connectivity index (χ3n) is 11.7. The first-order chi connectivity index (χ1) is 28.8. The Bertz CT molecular complexity index is 3550. The van der Waals surface area contributed by atoms with Gasteiger partial charge in [0, 0.05) is 38.2 Å². The minimum Gasteiger partial charge on any atom is -0.309 e. The highest BCUT2D eigenvalue weighted by Crippen LogP contribution is 2.43. The van der Waals surface area contributed by atoms with Crippen molar-refractivity contribution in [2.24, 2.45) is 0 Å². The Morgan fingerprint density at radius 3 is 1.59 bits per heavy atom. The number of para-hydroxylation sites is 4. The van der Waals surface area contributed by atoms with Crippen molar-refractivity contribution in [3.63, 3.8) is 0 Å². The number of rotatable bonds is 5. The van der Waals surface area contributed by atoms with Crippen molar-refractivity contribution >= 4 is 65.3 Å². The van der Waals surface area contributed by atoms with Crippen LogP contribution in [-0.4, -0.2) is 19.1 Å². The van der Waals surface area contributed by atoms with Crippen LogP contribution >= 0.6 is 0 Å². The second-order valence-electron chi connectivity index (χ2n) is 15.0. The molecule has 0 spiro atoms. The zero-order valence-electron chi connectivity index (χ0n) is 31.4. The fourth-order valence-corrected chi connectivity index (χ4v) is 9.11. The molecule has 4 nitrogen and oxygen atoms in total. The van der Waals surface area contributed by atoms with Crippen molar-refractivity contribution in [1.29, 1.82) is 0 Å². The largest absolute Gasteiger partial charge is 0.309 e. The SMILES string of the molecule is c1ccc(-c2cc3nc(-n4c5ccccc5c5cc6ccccc6cc54)nc(-c4cccc5c6ccccc6n(-c6ccccc6)c45)c3cc2-c2ccccc2)cc1. The van der Waals surface area contributed by atoms with Gasteiger partial charge < -0.3 is 4.57 Å². The van der Waals surface area contributed by atoms with Gasteiger partial charge in [0.25, 0.3) is 0 Å². The maximum Gasteiger partial charge on any atom is 0.235 e. The summed E-state index contributed by atoms with van der Waals surface area (Å²) in [7, 11) is 0. The highest BCUT2D eigenvalue weighted by atomic mass is 15.2. The molecule has 58 heavy (non-hydrogen) atoms. The number of benzene rings is 9. The second kappa shape index (κ2) is 12.9. The van der Waals surface area contributed by atoms with Crippen LogP contribution in [0.5, 0.6) is 0 Å². The van der Waals surface area contributed by atoms with E-state index in [-0.39, 0.29) is 0 Å². The lowest BCUT2D eigenvalue weighted by molar-refractivity contribution is 1.01. The molecule has 3 heterocycles. The van der Waals surface area contributed by atoms with Crippen LogP contribution in [0, 0.1) is 0 Å². The zero-order valence-corrected chi connectivity index (χ0v) is 31.4. The molecule has 0 unspecified atom stereocenters. The lowest BCUT2D eigenvalue weighted by Gasteiger charge is -2.17. The number of fused-ring (bicyclic) bond motifs is 8.